The van der Waals surface area contributed by atoms with E-state index in [1.807, 2.05) is 0 Å². The highest BCUT2D eigenvalue weighted by Crippen LogP contribution is 2.36. The third-order valence-electron chi connectivity index (χ3n) is 4.92. The maximum atomic E-state index is 14.8. The average Bonchev–Trinajstić information content (AvgIpc) is 2.97. The maximum absolute atomic E-state index is 14.8. The van der Waals surface area contributed by atoms with Gasteiger partial charge in [-0.25, -0.2) is 21.9 Å². The summed E-state index contributed by atoms with van der Waals surface area (Å²) in [6.45, 7) is 3.28. The number of rotatable bonds is 5. The molecule has 26 heavy (non-hydrogen) atoms. The number of benzene rings is 1. The number of aromatic amines is 1. The van der Waals surface area contributed by atoms with E-state index in [-0.39, 0.29) is 17.7 Å². The molecule has 1 aromatic carbocycles. The summed E-state index contributed by atoms with van der Waals surface area (Å²) >= 11 is 0. The standard InChI is InChI=1S/C18H23F2N3O2S/c1-11(2)26(24,25)23-15-8-6-12(7-9-15)17-16(20)18(22-21-17)13-4-3-5-14(19)10-13/h3-5,10-12,15,23H,6-9H2,1-2H3,(H,21,22)/t12-,15-. The molecular formula is C18H23F2N3O2S. The summed E-state index contributed by atoms with van der Waals surface area (Å²) < 4.78 is 54.8. The Balaban J connectivity index is 1.69. The number of nitrogens with one attached hydrogen (secondary N) is 2. The van der Waals surface area contributed by atoms with E-state index >= 15 is 0 Å². The van der Waals surface area contributed by atoms with Gasteiger partial charge in [-0.05, 0) is 51.7 Å². The van der Waals surface area contributed by atoms with E-state index in [2.05, 4.69) is 14.9 Å². The van der Waals surface area contributed by atoms with Crippen LogP contribution in [-0.2, 0) is 10.0 Å². The largest absolute Gasteiger partial charge is 0.279 e. The van der Waals surface area contributed by atoms with Crippen LogP contribution in [0.25, 0.3) is 11.3 Å². The molecule has 5 nitrogen and oxygen atoms in total. The van der Waals surface area contributed by atoms with Crippen molar-refractivity contribution in [2.45, 2.75) is 56.7 Å². The molecule has 1 aromatic heterocycles. The van der Waals surface area contributed by atoms with Gasteiger partial charge in [-0.2, -0.15) is 5.10 Å². The van der Waals surface area contributed by atoms with E-state index < -0.39 is 26.9 Å². The molecule has 0 spiro atoms. The second-order valence-electron chi connectivity index (χ2n) is 7.07. The number of aromatic nitrogens is 2. The monoisotopic (exact) mass is 383 g/mol. The smallest absolute Gasteiger partial charge is 0.214 e. The number of halogens is 2. The summed E-state index contributed by atoms with van der Waals surface area (Å²) in [6.07, 6.45) is 2.61. The van der Waals surface area contributed by atoms with Crippen LogP contribution in [0.4, 0.5) is 8.78 Å². The van der Waals surface area contributed by atoms with E-state index in [1.54, 1.807) is 19.9 Å². The molecule has 0 unspecified atom stereocenters. The molecule has 1 aliphatic carbocycles. The fourth-order valence-electron chi connectivity index (χ4n) is 3.31. The molecule has 0 bridgehead atoms. The minimum atomic E-state index is -3.30. The summed E-state index contributed by atoms with van der Waals surface area (Å²) in [7, 11) is -3.30. The first-order valence-electron chi connectivity index (χ1n) is 8.78. The van der Waals surface area contributed by atoms with Crippen molar-refractivity contribution in [1.29, 1.82) is 0 Å². The van der Waals surface area contributed by atoms with Gasteiger partial charge < -0.3 is 0 Å². The van der Waals surface area contributed by atoms with Crippen molar-refractivity contribution in [3.8, 4) is 11.3 Å². The van der Waals surface area contributed by atoms with Gasteiger partial charge in [-0.15, -0.1) is 0 Å². The van der Waals surface area contributed by atoms with Gasteiger partial charge in [-0.1, -0.05) is 12.1 Å². The van der Waals surface area contributed by atoms with Gasteiger partial charge in [0, 0.05) is 17.5 Å². The molecule has 0 atom stereocenters. The molecule has 1 fully saturated rings. The average molecular weight is 383 g/mol. The van der Waals surface area contributed by atoms with Gasteiger partial charge in [0.2, 0.25) is 10.0 Å². The van der Waals surface area contributed by atoms with Gasteiger partial charge in [-0.3, -0.25) is 5.10 Å². The summed E-state index contributed by atoms with van der Waals surface area (Å²) in [4.78, 5) is 0. The highest BCUT2D eigenvalue weighted by Gasteiger charge is 2.30. The second kappa shape index (κ2) is 7.44. The van der Waals surface area contributed by atoms with Gasteiger partial charge in [0.25, 0.3) is 0 Å². The lowest BCUT2D eigenvalue weighted by atomic mass is 9.84. The molecule has 3 rings (SSSR count). The van der Waals surface area contributed by atoms with E-state index in [9.17, 15) is 17.2 Å². The predicted molar refractivity (Wildman–Crippen MR) is 96.1 cm³/mol. The number of H-pyrrole nitrogens is 1. The van der Waals surface area contributed by atoms with Crippen LogP contribution in [0.1, 0.15) is 51.1 Å². The molecule has 0 saturated heterocycles. The summed E-state index contributed by atoms with van der Waals surface area (Å²) in [5.74, 6) is -0.948. The van der Waals surface area contributed by atoms with E-state index in [4.69, 9.17) is 0 Å². The van der Waals surface area contributed by atoms with E-state index in [0.29, 0.717) is 36.9 Å². The Morgan fingerprint density at radius 3 is 2.50 bits per heavy atom. The maximum Gasteiger partial charge on any atom is 0.214 e. The predicted octanol–water partition coefficient (Wildman–Crippen LogP) is 3.71. The molecule has 2 N–H and O–H groups in total. The number of hydrogen-bond donors (Lipinski definition) is 2. The van der Waals surface area contributed by atoms with Crippen molar-refractivity contribution in [1.82, 2.24) is 14.9 Å². The normalized spacial score (nSPS) is 21.3. The molecule has 0 radical (unpaired) electrons. The molecule has 1 aliphatic rings. The molecule has 8 heteroatoms. The number of sulfonamides is 1. The second-order valence-corrected chi connectivity index (χ2v) is 9.34. The first-order valence-corrected chi connectivity index (χ1v) is 10.3. The molecule has 142 valence electrons. The van der Waals surface area contributed by atoms with Crippen molar-refractivity contribution in [2.24, 2.45) is 0 Å². The highest BCUT2D eigenvalue weighted by atomic mass is 32.2. The summed E-state index contributed by atoms with van der Waals surface area (Å²) in [5.41, 5.74) is 0.917. The van der Waals surface area contributed by atoms with Gasteiger partial charge in [0.1, 0.15) is 11.5 Å². The summed E-state index contributed by atoms with van der Waals surface area (Å²) in [6, 6.07) is 5.57. The lowest BCUT2D eigenvalue weighted by Gasteiger charge is -2.28. The molecule has 0 amide bonds. The fourth-order valence-corrected chi connectivity index (χ4v) is 4.28. The molecular weight excluding hydrogens is 360 g/mol. The zero-order valence-electron chi connectivity index (χ0n) is 14.8. The fraction of sp³-hybridized carbons (Fsp3) is 0.500. The Labute approximate surface area is 152 Å². The zero-order valence-corrected chi connectivity index (χ0v) is 15.6. The van der Waals surface area contributed by atoms with Crippen molar-refractivity contribution in [2.75, 3.05) is 0 Å². The van der Waals surface area contributed by atoms with Gasteiger partial charge in [0.15, 0.2) is 5.82 Å². The Hall–Kier alpha value is -1.80. The van der Waals surface area contributed by atoms with Crippen molar-refractivity contribution in [3.05, 3.63) is 41.6 Å². The van der Waals surface area contributed by atoms with Crippen LogP contribution < -0.4 is 4.72 Å². The quantitative estimate of drug-likeness (QED) is 0.827. The first kappa shape index (κ1) is 19.0. The highest BCUT2D eigenvalue weighted by molar-refractivity contribution is 7.90. The van der Waals surface area contributed by atoms with E-state index in [0.717, 1.165) is 0 Å². The SMILES string of the molecule is CC(C)S(=O)(=O)N[C@H]1CC[C@H](c2[nH]nc(-c3cccc(F)c3)c2F)CC1. The Morgan fingerprint density at radius 1 is 1.19 bits per heavy atom. The third-order valence-corrected chi connectivity index (χ3v) is 6.82. The Bertz CT molecular complexity index is 872. The van der Waals surface area contributed by atoms with Gasteiger partial charge >= 0.3 is 0 Å². The van der Waals surface area contributed by atoms with Crippen LogP contribution in [0, 0.1) is 11.6 Å². The Kier molecular flexibility index (Phi) is 5.43. The molecule has 2 aromatic rings. The van der Waals surface area contributed by atoms with Gasteiger partial charge in [0.05, 0.1) is 10.9 Å². The van der Waals surface area contributed by atoms with E-state index in [1.165, 1.54) is 18.2 Å². The van der Waals surface area contributed by atoms with Crippen molar-refractivity contribution >= 4 is 10.0 Å². The van der Waals surface area contributed by atoms with Crippen LogP contribution in [0.3, 0.4) is 0 Å². The summed E-state index contributed by atoms with van der Waals surface area (Å²) in [5, 5.41) is 6.31. The number of nitrogens with zero attached hydrogens (tertiary/aromatic N) is 1. The topological polar surface area (TPSA) is 74.8 Å². The minimum absolute atomic E-state index is 0.0513. The third kappa shape index (κ3) is 3.96. The van der Waals surface area contributed by atoms with Crippen molar-refractivity contribution in [3.63, 3.8) is 0 Å². The lowest BCUT2D eigenvalue weighted by Crippen LogP contribution is -2.40. The Morgan fingerprint density at radius 2 is 1.88 bits per heavy atom. The van der Waals surface area contributed by atoms with Crippen LogP contribution in [0.15, 0.2) is 24.3 Å². The van der Waals surface area contributed by atoms with Crippen LogP contribution in [-0.4, -0.2) is 29.9 Å². The molecule has 1 heterocycles. The van der Waals surface area contributed by atoms with Crippen LogP contribution >= 0.6 is 0 Å². The minimum Gasteiger partial charge on any atom is -0.279 e. The van der Waals surface area contributed by atoms with Crippen LogP contribution in [0.5, 0.6) is 0 Å². The first-order chi connectivity index (χ1) is 12.3. The lowest BCUT2D eigenvalue weighted by molar-refractivity contribution is 0.362. The van der Waals surface area contributed by atoms with Crippen molar-refractivity contribution < 1.29 is 17.2 Å². The molecule has 1 saturated carbocycles. The number of hydrogen-bond acceptors (Lipinski definition) is 3. The zero-order chi connectivity index (χ0) is 18.9. The van der Waals surface area contributed by atoms with Crippen LogP contribution in [0.2, 0.25) is 0 Å². The molecule has 0 aliphatic heterocycles.